The molecular formula is C11H11ClN4O2. The molecule has 0 fully saturated rings. The molecule has 2 N–H and O–H groups in total. The van der Waals surface area contributed by atoms with Gasteiger partial charge in [-0.25, -0.2) is 4.79 Å². The molecule has 7 heteroatoms. The highest BCUT2D eigenvalue weighted by Gasteiger charge is 2.19. The summed E-state index contributed by atoms with van der Waals surface area (Å²) in [6, 6.07) is 5.24. The van der Waals surface area contributed by atoms with Crippen LogP contribution in [0.2, 0.25) is 5.02 Å². The zero-order chi connectivity index (χ0) is 13.3. The van der Waals surface area contributed by atoms with Gasteiger partial charge in [0.05, 0.1) is 12.8 Å². The molecule has 0 saturated heterocycles. The molecule has 1 heterocycles. The van der Waals surface area contributed by atoms with E-state index in [1.807, 2.05) is 6.92 Å². The molecule has 94 valence electrons. The molecule has 2 aromatic rings. The number of nitrogen functional groups attached to an aromatic ring is 1. The Morgan fingerprint density at radius 1 is 1.50 bits per heavy atom. The number of aromatic nitrogens is 3. The lowest BCUT2D eigenvalue weighted by Crippen LogP contribution is -2.08. The Hall–Kier alpha value is -2.08. The highest BCUT2D eigenvalue weighted by Crippen LogP contribution is 2.21. The smallest absolute Gasteiger partial charge is 0.362 e. The van der Waals surface area contributed by atoms with Gasteiger partial charge in [0, 0.05) is 5.02 Å². The molecule has 6 nitrogen and oxygen atoms in total. The van der Waals surface area contributed by atoms with Crippen molar-refractivity contribution in [1.29, 1.82) is 0 Å². The molecule has 0 amide bonds. The number of halogens is 1. The standard InChI is InChI=1S/C11H11ClN4O2/c1-6-5-7(12)3-4-8(6)16-10(13)9(14-15-16)11(17)18-2/h3-5H,13H2,1-2H3. The number of anilines is 1. The molecule has 0 spiro atoms. The maximum atomic E-state index is 11.4. The van der Waals surface area contributed by atoms with Crippen LogP contribution in [0.4, 0.5) is 5.82 Å². The third-order valence-electron chi connectivity index (χ3n) is 2.47. The largest absolute Gasteiger partial charge is 0.464 e. The van der Waals surface area contributed by atoms with Gasteiger partial charge in [0.2, 0.25) is 5.69 Å². The zero-order valence-corrected chi connectivity index (χ0v) is 10.6. The fraction of sp³-hybridized carbons (Fsp3) is 0.182. The summed E-state index contributed by atoms with van der Waals surface area (Å²) in [6.45, 7) is 1.86. The molecule has 0 aliphatic carbocycles. The molecule has 0 unspecified atom stereocenters. The Labute approximate surface area is 108 Å². The van der Waals surface area contributed by atoms with E-state index in [4.69, 9.17) is 17.3 Å². The second kappa shape index (κ2) is 4.66. The summed E-state index contributed by atoms with van der Waals surface area (Å²) in [5.41, 5.74) is 7.39. The van der Waals surface area contributed by atoms with Crippen LogP contribution in [0.1, 0.15) is 16.1 Å². The Balaban J connectivity index is 2.52. The summed E-state index contributed by atoms with van der Waals surface area (Å²) in [6.07, 6.45) is 0. The zero-order valence-electron chi connectivity index (χ0n) is 9.85. The van der Waals surface area contributed by atoms with Crippen molar-refractivity contribution in [1.82, 2.24) is 15.0 Å². The number of nitrogens with two attached hydrogens (primary N) is 1. The van der Waals surface area contributed by atoms with Crippen molar-refractivity contribution in [3.63, 3.8) is 0 Å². The van der Waals surface area contributed by atoms with Crippen molar-refractivity contribution >= 4 is 23.4 Å². The Morgan fingerprint density at radius 3 is 2.83 bits per heavy atom. The van der Waals surface area contributed by atoms with E-state index < -0.39 is 5.97 Å². The van der Waals surface area contributed by atoms with Gasteiger partial charge in [-0.1, -0.05) is 16.8 Å². The van der Waals surface area contributed by atoms with Crippen molar-refractivity contribution in [2.75, 3.05) is 12.8 Å². The number of hydrogen-bond donors (Lipinski definition) is 1. The van der Waals surface area contributed by atoms with Crippen LogP contribution in [0.3, 0.4) is 0 Å². The first-order valence-electron chi connectivity index (χ1n) is 5.10. The minimum Gasteiger partial charge on any atom is -0.464 e. The van der Waals surface area contributed by atoms with Gasteiger partial charge in [-0.15, -0.1) is 5.10 Å². The van der Waals surface area contributed by atoms with E-state index in [0.717, 1.165) is 5.56 Å². The lowest BCUT2D eigenvalue weighted by molar-refractivity contribution is 0.0595. The first-order valence-corrected chi connectivity index (χ1v) is 5.48. The SMILES string of the molecule is COC(=O)c1nnn(-c2ccc(Cl)cc2C)c1N. The van der Waals surface area contributed by atoms with E-state index in [-0.39, 0.29) is 11.5 Å². The minimum atomic E-state index is -0.620. The van der Waals surface area contributed by atoms with Crippen LogP contribution in [-0.2, 0) is 4.74 Å². The predicted octanol–water partition coefficient (Wildman–Crippen LogP) is 1.60. The third-order valence-corrected chi connectivity index (χ3v) is 2.71. The van der Waals surface area contributed by atoms with E-state index in [1.54, 1.807) is 18.2 Å². The third kappa shape index (κ3) is 2.02. The maximum absolute atomic E-state index is 11.4. The number of methoxy groups -OCH3 is 1. The normalized spacial score (nSPS) is 10.4. The summed E-state index contributed by atoms with van der Waals surface area (Å²) >= 11 is 5.87. The predicted molar refractivity (Wildman–Crippen MR) is 66.9 cm³/mol. The van der Waals surface area contributed by atoms with Crippen molar-refractivity contribution in [3.8, 4) is 5.69 Å². The fourth-order valence-corrected chi connectivity index (χ4v) is 1.79. The molecule has 0 atom stereocenters. The molecule has 1 aromatic heterocycles. The molecular weight excluding hydrogens is 256 g/mol. The summed E-state index contributed by atoms with van der Waals surface area (Å²) in [7, 11) is 1.26. The van der Waals surface area contributed by atoms with E-state index in [9.17, 15) is 4.79 Å². The monoisotopic (exact) mass is 266 g/mol. The summed E-state index contributed by atoms with van der Waals surface area (Å²) in [4.78, 5) is 11.4. The maximum Gasteiger partial charge on any atom is 0.362 e. The van der Waals surface area contributed by atoms with Crippen molar-refractivity contribution in [3.05, 3.63) is 34.5 Å². The molecule has 0 radical (unpaired) electrons. The van der Waals surface area contributed by atoms with E-state index in [2.05, 4.69) is 15.0 Å². The van der Waals surface area contributed by atoms with Crippen molar-refractivity contribution in [2.24, 2.45) is 0 Å². The van der Waals surface area contributed by atoms with Gasteiger partial charge >= 0.3 is 5.97 Å². The minimum absolute atomic E-state index is 0.00755. The molecule has 0 bridgehead atoms. The number of benzene rings is 1. The van der Waals surface area contributed by atoms with Crippen LogP contribution in [0.5, 0.6) is 0 Å². The van der Waals surface area contributed by atoms with E-state index in [0.29, 0.717) is 10.7 Å². The van der Waals surface area contributed by atoms with Gasteiger partial charge < -0.3 is 10.5 Å². The topological polar surface area (TPSA) is 83.0 Å². The number of esters is 1. The number of rotatable bonds is 2. The lowest BCUT2D eigenvalue weighted by Gasteiger charge is -2.07. The summed E-state index contributed by atoms with van der Waals surface area (Å²) < 4.78 is 5.93. The fourth-order valence-electron chi connectivity index (χ4n) is 1.57. The van der Waals surface area contributed by atoms with Crippen LogP contribution in [0.25, 0.3) is 5.69 Å². The highest BCUT2D eigenvalue weighted by atomic mass is 35.5. The van der Waals surface area contributed by atoms with Crippen molar-refractivity contribution in [2.45, 2.75) is 6.92 Å². The Kier molecular flexibility index (Phi) is 3.20. The number of aryl methyl sites for hydroxylation is 1. The van der Waals surface area contributed by atoms with Crippen molar-refractivity contribution < 1.29 is 9.53 Å². The molecule has 0 aliphatic heterocycles. The second-order valence-electron chi connectivity index (χ2n) is 3.66. The van der Waals surface area contributed by atoms with Crippen LogP contribution >= 0.6 is 11.6 Å². The number of ether oxygens (including phenoxy) is 1. The van der Waals surface area contributed by atoms with Gasteiger partial charge in [0.15, 0.2) is 5.82 Å². The first kappa shape index (κ1) is 12.4. The van der Waals surface area contributed by atoms with Crippen LogP contribution < -0.4 is 5.73 Å². The van der Waals surface area contributed by atoms with Crippen LogP contribution in [0.15, 0.2) is 18.2 Å². The van der Waals surface area contributed by atoms with Gasteiger partial charge in [0.25, 0.3) is 0 Å². The van der Waals surface area contributed by atoms with Gasteiger partial charge in [-0.05, 0) is 30.7 Å². The van der Waals surface area contributed by atoms with Crippen LogP contribution in [-0.4, -0.2) is 28.1 Å². The Bertz CT molecular complexity index is 609. The highest BCUT2D eigenvalue weighted by molar-refractivity contribution is 6.30. The Morgan fingerprint density at radius 2 is 2.22 bits per heavy atom. The number of carbonyl (C=O) groups excluding carboxylic acids is 1. The molecule has 0 aliphatic rings. The van der Waals surface area contributed by atoms with Crippen LogP contribution in [0, 0.1) is 6.92 Å². The summed E-state index contributed by atoms with van der Waals surface area (Å²) in [5.74, 6) is -0.488. The summed E-state index contributed by atoms with van der Waals surface area (Å²) in [5, 5.41) is 8.16. The number of nitrogens with zero attached hydrogens (tertiary/aromatic N) is 3. The number of hydrogen-bond acceptors (Lipinski definition) is 5. The van der Waals surface area contributed by atoms with E-state index >= 15 is 0 Å². The van der Waals surface area contributed by atoms with Gasteiger partial charge in [0.1, 0.15) is 0 Å². The molecule has 0 saturated carbocycles. The molecule has 1 aromatic carbocycles. The average molecular weight is 267 g/mol. The molecule has 18 heavy (non-hydrogen) atoms. The quantitative estimate of drug-likeness (QED) is 0.835. The average Bonchev–Trinajstić information content (AvgIpc) is 2.70. The first-order chi connectivity index (χ1) is 8.54. The lowest BCUT2D eigenvalue weighted by atomic mass is 10.2. The van der Waals surface area contributed by atoms with E-state index in [1.165, 1.54) is 11.8 Å². The second-order valence-corrected chi connectivity index (χ2v) is 4.09. The number of carbonyl (C=O) groups is 1. The van der Waals surface area contributed by atoms with Gasteiger partial charge in [-0.2, -0.15) is 4.68 Å². The van der Waals surface area contributed by atoms with Gasteiger partial charge in [-0.3, -0.25) is 0 Å². The molecule has 2 rings (SSSR count).